The summed E-state index contributed by atoms with van der Waals surface area (Å²) in [4.78, 5) is 11.1. The molecule has 4 nitrogen and oxygen atoms in total. The van der Waals surface area contributed by atoms with Crippen molar-refractivity contribution in [3.63, 3.8) is 0 Å². The van der Waals surface area contributed by atoms with E-state index in [-0.39, 0.29) is 0 Å². The Labute approximate surface area is 134 Å². The molecule has 3 rings (SSSR count). The number of aryl methyl sites for hydroxylation is 2. The van der Waals surface area contributed by atoms with Gasteiger partial charge >= 0.3 is 0 Å². The number of nitrogens with zero attached hydrogens (tertiary/aromatic N) is 2. The van der Waals surface area contributed by atoms with Gasteiger partial charge in [-0.15, -0.1) is 11.3 Å². The van der Waals surface area contributed by atoms with Gasteiger partial charge in [-0.2, -0.15) is 0 Å². The molecular weight excluding hydrogens is 294 g/mol. The van der Waals surface area contributed by atoms with Gasteiger partial charge in [-0.1, -0.05) is 12.1 Å². The Kier molecular flexibility index (Phi) is 4.24. The summed E-state index contributed by atoms with van der Waals surface area (Å²) in [6.07, 6.45) is 2.57. The van der Waals surface area contributed by atoms with Gasteiger partial charge in [0.05, 0.1) is 12.5 Å². The number of thiophene rings is 1. The highest BCUT2D eigenvalue weighted by atomic mass is 32.1. The molecule has 22 heavy (non-hydrogen) atoms. The summed E-state index contributed by atoms with van der Waals surface area (Å²) in [7, 11) is 1.68. The number of aromatic nitrogens is 2. The zero-order valence-electron chi connectivity index (χ0n) is 13.0. The van der Waals surface area contributed by atoms with Crippen molar-refractivity contribution >= 4 is 27.4 Å². The second kappa shape index (κ2) is 6.32. The number of benzene rings is 1. The van der Waals surface area contributed by atoms with E-state index in [0.717, 1.165) is 34.7 Å². The smallest absolute Gasteiger partial charge is 0.138 e. The van der Waals surface area contributed by atoms with Gasteiger partial charge in [0, 0.05) is 11.4 Å². The van der Waals surface area contributed by atoms with Crippen LogP contribution in [0.5, 0.6) is 5.75 Å². The molecule has 0 atom stereocenters. The molecular formula is C17H19N3OS. The molecule has 0 saturated carbocycles. The number of fused-ring (bicyclic) bond motifs is 1. The van der Waals surface area contributed by atoms with Crippen molar-refractivity contribution in [1.82, 2.24) is 9.97 Å². The fourth-order valence-corrected chi connectivity index (χ4v) is 3.43. The molecule has 114 valence electrons. The standard InChI is InChI=1S/C17H19N3OS/c1-11-12(2)22-17-15(11)16(19-10-20-17)18-9-8-13-4-6-14(21-3)7-5-13/h4-7,10H,8-9H2,1-3H3,(H,18,19,20). The van der Waals surface area contributed by atoms with E-state index in [1.54, 1.807) is 24.8 Å². The third-order valence-electron chi connectivity index (χ3n) is 3.83. The average Bonchev–Trinajstić information content (AvgIpc) is 2.84. The lowest BCUT2D eigenvalue weighted by Crippen LogP contribution is -2.07. The highest BCUT2D eigenvalue weighted by Crippen LogP contribution is 2.32. The highest BCUT2D eigenvalue weighted by molar-refractivity contribution is 7.18. The first-order valence-corrected chi connectivity index (χ1v) is 8.08. The second-order valence-electron chi connectivity index (χ2n) is 5.21. The minimum atomic E-state index is 0.840. The highest BCUT2D eigenvalue weighted by Gasteiger charge is 2.11. The van der Waals surface area contributed by atoms with Gasteiger partial charge in [0.2, 0.25) is 0 Å². The SMILES string of the molecule is COc1ccc(CCNc2ncnc3sc(C)c(C)c23)cc1. The number of hydrogen-bond acceptors (Lipinski definition) is 5. The number of anilines is 1. The Morgan fingerprint density at radius 1 is 1.14 bits per heavy atom. The van der Waals surface area contributed by atoms with Crippen LogP contribution in [0.4, 0.5) is 5.82 Å². The minimum absolute atomic E-state index is 0.840. The van der Waals surface area contributed by atoms with Crippen molar-refractivity contribution in [2.24, 2.45) is 0 Å². The van der Waals surface area contributed by atoms with E-state index in [9.17, 15) is 0 Å². The normalized spacial score (nSPS) is 10.9. The van der Waals surface area contributed by atoms with Crippen LogP contribution in [-0.2, 0) is 6.42 Å². The van der Waals surface area contributed by atoms with Crippen LogP contribution in [0.25, 0.3) is 10.2 Å². The summed E-state index contributed by atoms with van der Waals surface area (Å²) in [5, 5.41) is 4.60. The molecule has 2 heterocycles. The molecule has 2 aromatic heterocycles. The van der Waals surface area contributed by atoms with Crippen LogP contribution in [0, 0.1) is 13.8 Å². The molecule has 0 amide bonds. The first-order chi connectivity index (χ1) is 10.7. The van der Waals surface area contributed by atoms with Gasteiger partial charge in [-0.05, 0) is 43.5 Å². The van der Waals surface area contributed by atoms with E-state index in [2.05, 4.69) is 41.3 Å². The molecule has 0 saturated heterocycles. The van der Waals surface area contributed by atoms with E-state index < -0.39 is 0 Å². The second-order valence-corrected chi connectivity index (χ2v) is 6.41. The topological polar surface area (TPSA) is 47.0 Å². The van der Waals surface area contributed by atoms with Gasteiger partial charge in [-0.3, -0.25) is 0 Å². The summed E-state index contributed by atoms with van der Waals surface area (Å²) in [6.45, 7) is 5.10. The monoisotopic (exact) mass is 313 g/mol. The van der Waals surface area contributed by atoms with E-state index in [4.69, 9.17) is 4.74 Å². The van der Waals surface area contributed by atoms with Gasteiger partial charge < -0.3 is 10.1 Å². The summed E-state index contributed by atoms with van der Waals surface area (Å²) >= 11 is 1.72. The van der Waals surface area contributed by atoms with Crippen LogP contribution in [0.15, 0.2) is 30.6 Å². The molecule has 1 aromatic carbocycles. The maximum atomic E-state index is 5.18. The Bertz CT molecular complexity index is 780. The Morgan fingerprint density at radius 3 is 2.64 bits per heavy atom. The van der Waals surface area contributed by atoms with Crippen molar-refractivity contribution in [2.75, 3.05) is 19.0 Å². The van der Waals surface area contributed by atoms with E-state index in [0.29, 0.717) is 0 Å². The Hall–Kier alpha value is -2.14. The predicted octanol–water partition coefficient (Wildman–Crippen LogP) is 3.97. The minimum Gasteiger partial charge on any atom is -0.497 e. The summed E-state index contributed by atoms with van der Waals surface area (Å²) in [5.74, 6) is 1.82. The lowest BCUT2D eigenvalue weighted by Gasteiger charge is -2.08. The van der Waals surface area contributed by atoms with Crippen LogP contribution in [0.2, 0.25) is 0 Å². The van der Waals surface area contributed by atoms with Crippen molar-refractivity contribution in [3.05, 3.63) is 46.6 Å². The number of nitrogens with one attached hydrogen (secondary N) is 1. The van der Waals surface area contributed by atoms with Crippen LogP contribution in [0.3, 0.4) is 0 Å². The van der Waals surface area contributed by atoms with Crippen molar-refractivity contribution < 1.29 is 4.74 Å². The molecule has 0 aliphatic carbocycles. The van der Waals surface area contributed by atoms with Gasteiger partial charge in [0.1, 0.15) is 22.7 Å². The molecule has 5 heteroatoms. The quantitative estimate of drug-likeness (QED) is 0.774. The van der Waals surface area contributed by atoms with Crippen LogP contribution < -0.4 is 10.1 Å². The van der Waals surface area contributed by atoms with Crippen molar-refractivity contribution in [1.29, 1.82) is 0 Å². The van der Waals surface area contributed by atoms with Crippen LogP contribution in [-0.4, -0.2) is 23.6 Å². The molecule has 0 radical (unpaired) electrons. The summed E-state index contributed by atoms with van der Waals surface area (Å²) < 4.78 is 5.18. The lowest BCUT2D eigenvalue weighted by molar-refractivity contribution is 0.414. The lowest BCUT2D eigenvalue weighted by atomic mass is 10.1. The Balaban J connectivity index is 1.71. The molecule has 0 bridgehead atoms. The maximum Gasteiger partial charge on any atom is 0.138 e. The molecule has 0 fully saturated rings. The molecule has 0 unspecified atom stereocenters. The molecule has 3 aromatic rings. The summed E-state index contributed by atoms with van der Waals surface area (Å²) in [6, 6.07) is 8.17. The molecule has 0 spiro atoms. The summed E-state index contributed by atoms with van der Waals surface area (Å²) in [5.41, 5.74) is 2.55. The number of ether oxygens (including phenoxy) is 1. The number of rotatable bonds is 5. The third-order valence-corrected chi connectivity index (χ3v) is 4.95. The van der Waals surface area contributed by atoms with Crippen molar-refractivity contribution in [3.8, 4) is 5.75 Å². The van der Waals surface area contributed by atoms with Gasteiger partial charge in [-0.25, -0.2) is 9.97 Å². The zero-order valence-corrected chi connectivity index (χ0v) is 13.8. The molecule has 1 N–H and O–H groups in total. The zero-order chi connectivity index (χ0) is 15.5. The molecule has 0 aliphatic heterocycles. The van der Waals surface area contributed by atoms with Crippen LogP contribution in [0.1, 0.15) is 16.0 Å². The largest absolute Gasteiger partial charge is 0.497 e. The van der Waals surface area contributed by atoms with E-state index in [1.165, 1.54) is 16.0 Å². The third kappa shape index (κ3) is 2.90. The number of hydrogen-bond donors (Lipinski definition) is 1. The van der Waals surface area contributed by atoms with Crippen molar-refractivity contribution in [2.45, 2.75) is 20.3 Å². The first-order valence-electron chi connectivity index (χ1n) is 7.26. The molecule has 0 aliphatic rings. The Morgan fingerprint density at radius 2 is 1.91 bits per heavy atom. The van der Waals surface area contributed by atoms with Crippen LogP contribution >= 0.6 is 11.3 Å². The predicted molar refractivity (Wildman–Crippen MR) is 92.1 cm³/mol. The maximum absolute atomic E-state index is 5.18. The van der Waals surface area contributed by atoms with E-state index in [1.807, 2.05) is 12.1 Å². The van der Waals surface area contributed by atoms with Gasteiger partial charge in [0.25, 0.3) is 0 Å². The first kappa shape index (κ1) is 14.8. The number of methoxy groups -OCH3 is 1. The fraction of sp³-hybridized carbons (Fsp3) is 0.294. The van der Waals surface area contributed by atoms with E-state index >= 15 is 0 Å². The van der Waals surface area contributed by atoms with Gasteiger partial charge in [0.15, 0.2) is 0 Å². The fourth-order valence-electron chi connectivity index (χ4n) is 2.43. The average molecular weight is 313 g/mol.